The molecule has 1 aliphatic heterocycles. The van der Waals surface area contributed by atoms with Gasteiger partial charge < -0.3 is 14.6 Å². The first-order valence-electron chi connectivity index (χ1n) is 9.12. The Morgan fingerprint density at radius 3 is 3.00 bits per heavy atom. The van der Waals surface area contributed by atoms with Crippen molar-refractivity contribution in [1.82, 2.24) is 14.9 Å². The molecule has 1 saturated carbocycles. The summed E-state index contributed by atoms with van der Waals surface area (Å²) in [5, 5.41) is 0. The molecule has 126 valence electrons. The fourth-order valence-corrected chi connectivity index (χ4v) is 4.62. The summed E-state index contributed by atoms with van der Waals surface area (Å²) < 4.78 is 6.12. The molecule has 1 amide bonds. The number of morpholine rings is 1. The van der Waals surface area contributed by atoms with Crippen LogP contribution in [-0.2, 0) is 22.4 Å². The van der Waals surface area contributed by atoms with Gasteiger partial charge in [0.1, 0.15) is 5.82 Å². The maximum Gasteiger partial charge on any atom is 0.226 e. The van der Waals surface area contributed by atoms with E-state index >= 15 is 0 Å². The van der Waals surface area contributed by atoms with Gasteiger partial charge in [0, 0.05) is 31.1 Å². The fourth-order valence-electron chi connectivity index (χ4n) is 4.62. The molecule has 2 fully saturated rings. The van der Waals surface area contributed by atoms with Crippen LogP contribution < -0.4 is 0 Å². The number of amides is 1. The molecule has 0 radical (unpaired) electrons. The Bertz CT molecular complexity index is 584. The van der Waals surface area contributed by atoms with Gasteiger partial charge >= 0.3 is 0 Å². The minimum atomic E-state index is -0.0451. The van der Waals surface area contributed by atoms with Crippen molar-refractivity contribution in [3.05, 3.63) is 17.2 Å². The van der Waals surface area contributed by atoms with E-state index in [2.05, 4.69) is 14.9 Å². The first-order valence-corrected chi connectivity index (χ1v) is 9.12. The summed E-state index contributed by atoms with van der Waals surface area (Å²) in [7, 11) is 0. The third kappa shape index (κ3) is 2.91. The van der Waals surface area contributed by atoms with Crippen molar-refractivity contribution < 1.29 is 9.53 Å². The Morgan fingerprint density at radius 2 is 2.17 bits per heavy atom. The summed E-state index contributed by atoms with van der Waals surface area (Å²) in [6.07, 6.45) is 8.69. The van der Waals surface area contributed by atoms with Crippen LogP contribution in [0.1, 0.15) is 55.7 Å². The lowest BCUT2D eigenvalue weighted by molar-refractivity contribution is -0.160. The number of hydrogen-bond donors (Lipinski definition) is 1. The Balaban J connectivity index is 1.44. The molecular formula is C18H27N3O2. The highest BCUT2D eigenvalue weighted by Gasteiger charge is 2.41. The quantitative estimate of drug-likeness (QED) is 0.865. The topological polar surface area (TPSA) is 58.2 Å². The van der Waals surface area contributed by atoms with Gasteiger partial charge in [0.2, 0.25) is 5.91 Å². The Labute approximate surface area is 137 Å². The number of imidazole rings is 1. The fraction of sp³-hybridized carbons (Fsp3) is 0.778. The van der Waals surface area contributed by atoms with Crippen molar-refractivity contribution in [2.75, 3.05) is 19.7 Å². The van der Waals surface area contributed by atoms with E-state index in [-0.39, 0.29) is 11.5 Å². The number of rotatable bonds is 1. The van der Waals surface area contributed by atoms with Crippen LogP contribution in [0.15, 0.2) is 0 Å². The van der Waals surface area contributed by atoms with Gasteiger partial charge in [0.15, 0.2) is 0 Å². The van der Waals surface area contributed by atoms with Crippen LogP contribution in [-0.4, -0.2) is 46.1 Å². The van der Waals surface area contributed by atoms with Crippen molar-refractivity contribution in [2.24, 2.45) is 5.92 Å². The zero-order valence-corrected chi connectivity index (χ0v) is 14.1. The van der Waals surface area contributed by atoms with Crippen molar-refractivity contribution in [1.29, 1.82) is 0 Å². The summed E-state index contributed by atoms with van der Waals surface area (Å²) in [4.78, 5) is 23.0. The van der Waals surface area contributed by atoms with Gasteiger partial charge in [-0.3, -0.25) is 4.79 Å². The van der Waals surface area contributed by atoms with Gasteiger partial charge in [-0.25, -0.2) is 4.98 Å². The maximum atomic E-state index is 13.0. The standard InChI is InChI=1S/C18H27N3O2/c1-13-19-15-6-5-14(11-16(15)20-13)17(22)21-9-10-23-18(12-21)7-3-2-4-8-18/h14H,2-12H2,1H3,(H,19,20)/t14-/m0/s1. The molecular weight excluding hydrogens is 290 g/mol. The molecule has 1 aromatic rings. The summed E-state index contributed by atoms with van der Waals surface area (Å²) >= 11 is 0. The highest BCUT2D eigenvalue weighted by molar-refractivity contribution is 5.79. The summed E-state index contributed by atoms with van der Waals surface area (Å²) in [5.74, 6) is 1.41. The molecule has 1 N–H and O–H groups in total. The molecule has 0 unspecified atom stereocenters. The van der Waals surface area contributed by atoms with Crippen LogP contribution in [0.25, 0.3) is 0 Å². The zero-order valence-electron chi connectivity index (χ0n) is 14.1. The van der Waals surface area contributed by atoms with E-state index < -0.39 is 0 Å². The van der Waals surface area contributed by atoms with E-state index in [1.165, 1.54) is 25.0 Å². The summed E-state index contributed by atoms with van der Waals surface area (Å²) in [6, 6.07) is 0. The molecule has 1 spiro atoms. The smallest absolute Gasteiger partial charge is 0.226 e. The molecule has 1 saturated heterocycles. The van der Waals surface area contributed by atoms with Crippen LogP contribution >= 0.6 is 0 Å². The highest BCUT2D eigenvalue weighted by Crippen LogP contribution is 2.35. The van der Waals surface area contributed by atoms with Gasteiger partial charge in [-0.1, -0.05) is 19.3 Å². The predicted molar refractivity (Wildman–Crippen MR) is 87.2 cm³/mol. The second-order valence-corrected chi connectivity index (χ2v) is 7.54. The largest absolute Gasteiger partial charge is 0.371 e. The molecule has 5 nitrogen and oxygen atoms in total. The van der Waals surface area contributed by atoms with E-state index in [0.717, 1.165) is 56.7 Å². The Kier molecular flexibility index (Phi) is 3.92. The van der Waals surface area contributed by atoms with Gasteiger partial charge in [0.25, 0.3) is 0 Å². The van der Waals surface area contributed by atoms with Gasteiger partial charge in [-0.15, -0.1) is 0 Å². The molecule has 3 aliphatic rings. The number of hydrogen-bond acceptors (Lipinski definition) is 3. The number of carbonyl (C=O) groups excluding carboxylic acids is 1. The van der Waals surface area contributed by atoms with Crippen LogP contribution in [0.4, 0.5) is 0 Å². The molecule has 0 aromatic carbocycles. The van der Waals surface area contributed by atoms with E-state index in [0.29, 0.717) is 12.5 Å². The van der Waals surface area contributed by atoms with E-state index in [1.54, 1.807) is 0 Å². The van der Waals surface area contributed by atoms with Gasteiger partial charge in [-0.05, 0) is 32.6 Å². The van der Waals surface area contributed by atoms with Crippen molar-refractivity contribution >= 4 is 5.91 Å². The summed E-state index contributed by atoms with van der Waals surface area (Å²) in [5.41, 5.74) is 2.29. The minimum absolute atomic E-state index is 0.0451. The van der Waals surface area contributed by atoms with Crippen LogP contribution in [0, 0.1) is 12.8 Å². The first kappa shape index (κ1) is 15.2. The molecule has 0 bridgehead atoms. The number of nitrogens with one attached hydrogen (secondary N) is 1. The van der Waals surface area contributed by atoms with Gasteiger partial charge in [0.05, 0.1) is 17.9 Å². The minimum Gasteiger partial charge on any atom is -0.371 e. The van der Waals surface area contributed by atoms with Crippen LogP contribution in [0.5, 0.6) is 0 Å². The Hall–Kier alpha value is -1.36. The van der Waals surface area contributed by atoms with Gasteiger partial charge in [-0.2, -0.15) is 0 Å². The molecule has 2 aliphatic carbocycles. The normalized spacial score (nSPS) is 27.0. The lowest BCUT2D eigenvalue weighted by atomic mass is 9.82. The number of aromatic amines is 1. The highest BCUT2D eigenvalue weighted by atomic mass is 16.5. The molecule has 1 aromatic heterocycles. The molecule has 1 atom stereocenters. The molecule has 2 heterocycles. The average Bonchev–Trinajstić information content (AvgIpc) is 2.94. The van der Waals surface area contributed by atoms with Crippen molar-refractivity contribution in [3.8, 4) is 0 Å². The van der Waals surface area contributed by atoms with Crippen molar-refractivity contribution in [2.45, 2.75) is 63.9 Å². The second-order valence-electron chi connectivity index (χ2n) is 7.54. The van der Waals surface area contributed by atoms with Crippen LogP contribution in [0.3, 0.4) is 0 Å². The molecule has 5 heteroatoms. The molecule has 23 heavy (non-hydrogen) atoms. The third-order valence-electron chi connectivity index (χ3n) is 5.84. The third-order valence-corrected chi connectivity index (χ3v) is 5.84. The lowest BCUT2D eigenvalue weighted by Gasteiger charge is -2.45. The van der Waals surface area contributed by atoms with E-state index in [9.17, 15) is 4.79 Å². The lowest BCUT2D eigenvalue weighted by Crippen LogP contribution is -2.55. The monoisotopic (exact) mass is 317 g/mol. The number of nitrogens with zero attached hydrogens (tertiary/aromatic N) is 2. The number of aryl methyl sites for hydroxylation is 2. The van der Waals surface area contributed by atoms with Crippen molar-refractivity contribution in [3.63, 3.8) is 0 Å². The number of carbonyl (C=O) groups is 1. The van der Waals surface area contributed by atoms with E-state index in [4.69, 9.17) is 4.74 Å². The number of ether oxygens (including phenoxy) is 1. The summed E-state index contributed by atoms with van der Waals surface area (Å²) in [6.45, 7) is 4.25. The number of aromatic nitrogens is 2. The molecule has 4 rings (SSSR count). The second kappa shape index (κ2) is 5.93. The first-order chi connectivity index (χ1) is 11.2. The number of fused-ring (bicyclic) bond motifs is 1. The average molecular weight is 317 g/mol. The van der Waals surface area contributed by atoms with E-state index in [1.807, 2.05) is 6.92 Å². The zero-order chi connectivity index (χ0) is 15.9. The number of H-pyrrole nitrogens is 1. The Morgan fingerprint density at radius 1 is 1.35 bits per heavy atom. The SMILES string of the molecule is Cc1nc2c([nH]1)C[C@@H](C(=O)N1CCOC3(CCCCC3)C1)CC2. The van der Waals surface area contributed by atoms with Crippen LogP contribution in [0.2, 0.25) is 0 Å². The predicted octanol–water partition coefficient (Wildman–Crippen LogP) is 2.38. The maximum absolute atomic E-state index is 13.0.